The smallest absolute Gasteiger partial charge is 0.146 e. The molecule has 0 heterocycles. The Bertz CT molecular complexity index is 596. The van der Waals surface area contributed by atoms with Crippen molar-refractivity contribution < 1.29 is 23.7 Å². The molecule has 1 aromatic carbocycles. The standard InChI is InChI=1S/C33H60O5/c1-5-7-9-11-12-13-14-15-20-24-32(37-26-30-21-17-16-18-22-30)25-33(38-29-35-4)31(27-36-28-34-3)23-19-10-8-6-2/h16-18,21-22,31-33H,5-15,19-20,23-29H2,1-4H3/t31-,32-,33+/m1/s1. The van der Waals surface area contributed by atoms with Gasteiger partial charge in [-0.1, -0.05) is 128 Å². The summed E-state index contributed by atoms with van der Waals surface area (Å²) in [4.78, 5) is 0. The Morgan fingerprint density at radius 3 is 1.84 bits per heavy atom. The Labute approximate surface area is 235 Å². The van der Waals surface area contributed by atoms with Gasteiger partial charge >= 0.3 is 0 Å². The minimum absolute atomic E-state index is 0.0350. The minimum Gasteiger partial charge on any atom is -0.373 e. The summed E-state index contributed by atoms with van der Waals surface area (Å²) in [7, 11) is 3.37. The first-order chi connectivity index (χ1) is 18.7. The lowest BCUT2D eigenvalue weighted by atomic mass is 9.90. The molecular formula is C33H60O5. The maximum Gasteiger partial charge on any atom is 0.146 e. The van der Waals surface area contributed by atoms with Crippen molar-refractivity contribution in [3.05, 3.63) is 35.9 Å². The number of methoxy groups -OCH3 is 2. The highest BCUT2D eigenvalue weighted by Gasteiger charge is 2.26. The van der Waals surface area contributed by atoms with Crippen molar-refractivity contribution in [2.45, 2.75) is 135 Å². The first-order valence-electron chi connectivity index (χ1n) is 15.6. The molecule has 0 bridgehead atoms. The fourth-order valence-electron chi connectivity index (χ4n) is 5.04. The van der Waals surface area contributed by atoms with E-state index in [0.717, 1.165) is 19.3 Å². The van der Waals surface area contributed by atoms with E-state index in [9.17, 15) is 0 Å². The number of hydrogen-bond acceptors (Lipinski definition) is 5. The van der Waals surface area contributed by atoms with E-state index in [1.165, 1.54) is 89.0 Å². The van der Waals surface area contributed by atoms with Gasteiger partial charge in [0.2, 0.25) is 0 Å². The summed E-state index contributed by atoms with van der Waals surface area (Å²) in [5.41, 5.74) is 1.22. The zero-order valence-electron chi connectivity index (χ0n) is 25.3. The van der Waals surface area contributed by atoms with Crippen LogP contribution in [0.25, 0.3) is 0 Å². The molecule has 0 aliphatic rings. The monoisotopic (exact) mass is 536 g/mol. The van der Waals surface area contributed by atoms with Gasteiger partial charge in [-0.25, -0.2) is 0 Å². The first kappa shape index (κ1) is 35.0. The van der Waals surface area contributed by atoms with E-state index in [1.54, 1.807) is 14.2 Å². The van der Waals surface area contributed by atoms with Gasteiger partial charge in [-0.05, 0) is 18.4 Å². The van der Waals surface area contributed by atoms with Crippen LogP contribution in [0.3, 0.4) is 0 Å². The van der Waals surface area contributed by atoms with Gasteiger partial charge < -0.3 is 23.7 Å². The van der Waals surface area contributed by atoms with E-state index in [0.29, 0.717) is 32.7 Å². The predicted molar refractivity (Wildman–Crippen MR) is 158 cm³/mol. The molecule has 0 unspecified atom stereocenters. The molecule has 3 atom stereocenters. The highest BCUT2D eigenvalue weighted by atomic mass is 16.7. The Morgan fingerprint density at radius 2 is 1.21 bits per heavy atom. The highest BCUT2D eigenvalue weighted by Crippen LogP contribution is 2.25. The maximum absolute atomic E-state index is 6.54. The van der Waals surface area contributed by atoms with E-state index in [4.69, 9.17) is 23.7 Å². The van der Waals surface area contributed by atoms with E-state index < -0.39 is 0 Å². The van der Waals surface area contributed by atoms with Crippen molar-refractivity contribution in [2.75, 3.05) is 34.4 Å². The molecule has 0 saturated carbocycles. The Kier molecular flexibility index (Phi) is 24.2. The van der Waals surface area contributed by atoms with Crippen LogP contribution in [0, 0.1) is 5.92 Å². The van der Waals surface area contributed by atoms with Crippen LogP contribution in [0.4, 0.5) is 0 Å². The summed E-state index contributed by atoms with van der Waals surface area (Å²) < 4.78 is 29.2. The van der Waals surface area contributed by atoms with Crippen molar-refractivity contribution in [2.24, 2.45) is 5.92 Å². The maximum atomic E-state index is 6.54. The molecule has 0 N–H and O–H groups in total. The molecule has 0 fully saturated rings. The molecule has 0 aromatic heterocycles. The number of benzene rings is 1. The van der Waals surface area contributed by atoms with Crippen LogP contribution < -0.4 is 0 Å². The third kappa shape index (κ3) is 19.1. The molecule has 5 nitrogen and oxygen atoms in total. The Balaban J connectivity index is 2.73. The molecule has 0 spiro atoms. The average Bonchev–Trinajstić information content (AvgIpc) is 2.94. The van der Waals surface area contributed by atoms with Gasteiger partial charge in [-0.15, -0.1) is 0 Å². The van der Waals surface area contributed by atoms with Crippen LogP contribution in [0.15, 0.2) is 30.3 Å². The Morgan fingerprint density at radius 1 is 0.632 bits per heavy atom. The lowest BCUT2D eigenvalue weighted by molar-refractivity contribution is -0.132. The molecule has 1 rings (SSSR count). The van der Waals surface area contributed by atoms with Crippen LogP contribution in [-0.2, 0) is 30.3 Å². The van der Waals surface area contributed by atoms with Crippen LogP contribution >= 0.6 is 0 Å². The number of ether oxygens (including phenoxy) is 5. The SMILES string of the molecule is CCCCCCCCCCC[C@H](C[C@H](OCOC)[C@H](CCCCCC)COCOC)OCc1ccccc1. The van der Waals surface area contributed by atoms with Crippen LogP contribution in [0.5, 0.6) is 0 Å². The molecule has 1 aromatic rings. The largest absolute Gasteiger partial charge is 0.373 e. The summed E-state index contributed by atoms with van der Waals surface area (Å²) in [5, 5.41) is 0. The van der Waals surface area contributed by atoms with E-state index >= 15 is 0 Å². The number of unbranched alkanes of at least 4 members (excludes halogenated alkanes) is 11. The summed E-state index contributed by atoms with van der Waals surface area (Å²) in [6, 6.07) is 10.5. The third-order valence-corrected chi connectivity index (χ3v) is 7.34. The second kappa shape index (κ2) is 26.3. The van der Waals surface area contributed by atoms with Gasteiger partial charge in [0, 0.05) is 26.6 Å². The van der Waals surface area contributed by atoms with Gasteiger partial charge in [0.05, 0.1) is 25.4 Å². The zero-order valence-corrected chi connectivity index (χ0v) is 25.3. The summed E-state index contributed by atoms with van der Waals surface area (Å²) in [5.74, 6) is 0.295. The lowest BCUT2D eigenvalue weighted by Gasteiger charge is -2.30. The second-order valence-electron chi connectivity index (χ2n) is 10.8. The molecule has 0 aliphatic carbocycles. The topological polar surface area (TPSA) is 46.2 Å². The highest BCUT2D eigenvalue weighted by molar-refractivity contribution is 5.13. The molecule has 0 saturated heterocycles. The molecule has 38 heavy (non-hydrogen) atoms. The van der Waals surface area contributed by atoms with Crippen molar-refractivity contribution in [1.82, 2.24) is 0 Å². The normalized spacial score (nSPS) is 14.0. The molecule has 222 valence electrons. The van der Waals surface area contributed by atoms with E-state index in [2.05, 4.69) is 44.2 Å². The van der Waals surface area contributed by atoms with Gasteiger partial charge in [-0.2, -0.15) is 0 Å². The quantitative estimate of drug-likeness (QED) is 0.0789. The van der Waals surface area contributed by atoms with Crippen LogP contribution in [-0.4, -0.2) is 46.6 Å². The average molecular weight is 537 g/mol. The predicted octanol–water partition coefficient (Wildman–Crippen LogP) is 9.08. The lowest BCUT2D eigenvalue weighted by Crippen LogP contribution is -2.33. The first-order valence-corrected chi connectivity index (χ1v) is 15.6. The van der Waals surface area contributed by atoms with E-state index in [-0.39, 0.29) is 12.2 Å². The molecule has 5 heteroatoms. The number of hydrogen-bond donors (Lipinski definition) is 0. The third-order valence-electron chi connectivity index (χ3n) is 7.34. The molecular weight excluding hydrogens is 476 g/mol. The van der Waals surface area contributed by atoms with Crippen molar-refractivity contribution >= 4 is 0 Å². The van der Waals surface area contributed by atoms with E-state index in [1.807, 2.05) is 0 Å². The minimum atomic E-state index is 0.0350. The van der Waals surface area contributed by atoms with Gasteiger partial charge in [0.1, 0.15) is 13.6 Å². The molecule has 0 amide bonds. The number of rotatable bonds is 28. The Hall–Kier alpha value is -0.980. The zero-order chi connectivity index (χ0) is 27.5. The van der Waals surface area contributed by atoms with Gasteiger partial charge in [-0.3, -0.25) is 0 Å². The molecule has 0 aliphatic heterocycles. The van der Waals surface area contributed by atoms with Crippen molar-refractivity contribution in [3.8, 4) is 0 Å². The fourth-order valence-corrected chi connectivity index (χ4v) is 5.04. The summed E-state index contributed by atoms with van der Waals surface area (Å²) in [6.45, 7) is 6.42. The van der Waals surface area contributed by atoms with Crippen LogP contribution in [0.2, 0.25) is 0 Å². The fraction of sp³-hybridized carbons (Fsp3) is 0.818. The van der Waals surface area contributed by atoms with Crippen molar-refractivity contribution in [1.29, 1.82) is 0 Å². The second-order valence-corrected chi connectivity index (χ2v) is 10.8. The van der Waals surface area contributed by atoms with Gasteiger partial charge in [0.15, 0.2) is 0 Å². The molecule has 0 radical (unpaired) electrons. The summed E-state index contributed by atoms with van der Waals surface area (Å²) >= 11 is 0. The summed E-state index contributed by atoms with van der Waals surface area (Å²) in [6.07, 6.45) is 20.2. The van der Waals surface area contributed by atoms with Crippen LogP contribution in [0.1, 0.15) is 122 Å². The van der Waals surface area contributed by atoms with Gasteiger partial charge in [0.25, 0.3) is 0 Å². The van der Waals surface area contributed by atoms with Crippen molar-refractivity contribution in [3.63, 3.8) is 0 Å².